The molecule has 0 radical (unpaired) electrons. The minimum Gasteiger partial charge on any atom is -0.396 e. The fourth-order valence-corrected chi connectivity index (χ4v) is 2.48. The summed E-state index contributed by atoms with van der Waals surface area (Å²) in [5.41, 5.74) is 0. The first-order valence-electron chi connectivity index (χ1n) is 5.66. The van der Waals surface area contributed by atoms with Crippen LogP contribution in [0.15, 0.2) is 0 Å². The summed E-state index contributed by atoms with van der Waals surface area (Å²) in [5.74, 6) is 0.864. The number of aromatic nitrogens is 2. The van der Waals surface area contributed by atoms with E-state index in [1.807, 2.05) is 0 Å². The zero-order chi connectivity index (χ0) is 12.3. The molecule has 1 saturated heterocycles. The molecule has 1 atom stereocenters. The molecule has 17 heavy (non-hydrogen) atoms. The van der Waals surface area contributed by atoms with E-state index in [0.29, 0.717) is 17.5 Å². The fraction of sp³-hybridized carbons (Fsp3) is 0.700. The van der Waals surface area contributed by atoms with Crippen molar-refractivity contribution in [2.45, 2.75) is 19.8 Å². The van der Waals surface area contributed by atoms with E-state index in [-0.39, 0.29) is 18.6 Å². The Balaban J connectivity index is 1.91. The highest BCUT2D eigenvalue weighted by Gasteiger charge is 2.23. The van der Waals surface area contributed by atoms with E-state index in [9.17, 15) is 4.79 Å². The number of aliphatic hydroxyl groups is 1. The summed E-state index contributed by atoms with van der Waals surface area (Å²) in [6.45, 7) is 3.27. The molecule has 7 heteroatoms. The smallest absolute Gasteiger partial charge is 0.323 e. The van der Waals surface area contributed by atoms with Gasteiger partial charge in [0.15, 0.2) is 0 Å². The van der Waals surface area contributed by atoms with Gasteiger partial charge in [-0.3, -0.25) is 5.32 Å². The summed E-state index contributed by atoms with van der Waals surface area (Å²) in [6, 6.07) is -0.153. The molecule has 0 saturated carbocycles. The monoisotopic (exact) mass is 256 g/mol. The van der Waals surface area contributed by atoms with Crippen LogP contribution in [0.3, 0.4) is 0 Å². The van der Waals surface area contributed by atoms with Crippen molar-refractivity contribution in [3.63, 3.8) is 0 Å². The van der Waals surface area contributed by atoms with E-state index in [1.54, 1.807) is 11.8 Å². The predicted molar refractivity (Wildman–Crippen MR) is 65.0 cm³/mol. The third-order valence-electron chi connectivity index (χ3n) is 2.81. The number of hydrogen-bond donors (Lipinski definition) is 2. The average molecular weight is 256 g/mol. The lowest BCUT2D eigenvalue weighted by molar-refractivity contribution is 0.136. The molecule has 1 aliphatic rings. The van der Waals surface area contributed by atoms with Crippen molar-refractivity contribution < 1.29 is 9.90 Å². The van der Waals surface area contributed by atoms with Gasteiger partial charge in [0.1, 0.15) is 5.82 Å². The number of aliphatic hydroxyl groups excluding tert-OH is 1. The number of nitrogens with one attached hydrogen (secondary N) is 1. The van der Waals surface area contributed by atoms with Crippen LogP contribution in [-0.2, 0) is 0 Å². The Bertz CT molecular complexity index is 395. The Hall–Kier alpha value is -1.21. The second kappa shape index (κ2) is 5.42. The molecule has 2 amide bonds. The Labute approximate surface area is 104 Å². The van der Waals surface area contributed by atoms with Crippen molar-refractivity contribution in [2.24, 2.45) is 5.92 Å². The number of nitrogens with zero attached hydrogens (tertiary/aromatic N) is 3. The molecule has 0 bridgehead atoms. The third kappa shape index (κ3) is 3.13. The second-order valence-corrected chi connectivity index (χ2v) is 4.97. The highest BCUT2D eigenvalue weighted by Crippen LogP contribution is 2.17. The summed E-state index contributed by atoms with van der Waals surface area (Å²) in [6.07, 6.45) is 1.92. The van der Waals surface area contributed by atoms with Crippen LogP contribution < -0.4 is 5.32 Å². The van der Waals surface area contributed by atoms with Crippen LogP contribution in [0.4, 0.5) is 9.93 Å². The van der Waals surface area contributed by atoms with Crippen molar-refractivity contribution in [1.29, 1.82) is 0 Å². The number of aryl methyl sites for hydroxylation is 1. The van der Waals surface area contributed by atoms with Gasteiger partial charge in [0.05, 0.1) is 0 Å². The molecule has 0 unspecified atom stereocenters. The van der Waals surface area contributed by atoms with Gasteiger partial charge in [-0.25, -0.2) is 9.78 Å². The second-order valence-electron chi connectivity index (χ2n) is 4.21. The molecule has 94 valence electrons. The highest BCUT2D eigenvalue weighted by molar-refractivity contribution is 7.09. The van der Waals surface area contributed by atoms with E-state index in [1.165, 1.54) is 11.5 Å². The molecule has 0 spiro atoms. The van der Waals surface area contributed by atoms with Gasteiger partial charge in [-0.15, -0.1) is 0 Å². The van der Waals surface area contributed by atoms with E-state index in [4.69, 9.17) is 5.11 Å². The largest absolute Gasteiger partial charge is 0.396 e. The SMILES string of the molecule is Cc1nsc(NC(=O)N2CCC[C@H](CO)C2)n1. The molecule has 1 fully saturated rings. The molecule has 2 rings (SSSR count). The first-order chi connectivity index (χ1) is 8.19. The Kier molecular flexibility index (Phi) is 3.90. The van der Waals surface area contributed by atoms with Crippen LogP contribution in [0.1, 0.15) is 18.7 Å². The molecule has 0 aromatic carbocycles. The minimum atomic E-state index is -0.153. The van der Waals surface area contributed by atoms with Gasteiger partial charge in [0.2, 0.25) is 5.13 Å². The highest BCUT2D eigenvalue weighted by atomic mass is 32.1. The van der Waals surface area contributed by atoms with Crippen molar-refractivity contribution in [3.05, 3.63) is 5.82 Å². The number of carbonyl (C=O) groups is 1. The van der Waals surface area contributed by atoms with Crippen LogP contribution in [0, 0.1) is 12.8 Å². The summed E-state index contributed by atoms with van der Waals surface area (Å²) in [7, 11) is 0. The number of rotatable bonds is 2. The first-order valence-corrected chi connectivity index (χ1v) is 6.43. The number of urea groups is 1. The van der Waals surface area contributed by atoms with E-state index < -0.39 is 0 Å². The number of hydrogen-bond acceptors (Lipinski definition) is 5. The number of piperidine rings is 1. The number of carbonyl (C=O) groups excluding carboxylic acids is 1. The number of likely N-dealkylation sites (tertiary alicyclic amines) is 1. The maximum absolute atomic E-state index is 11.9. The molecule has 1 aliphatic heterocycles. The van der Waals surface area contributed by atoms with Gasteiger partial charge in [-0.1, -0.05) is 0 Å². The minimum absolute atomic E-state index is 0.141. The third-order valence-corrected chi connectivity index (χ3v) is 3.53. The lowest BCUT2D eigenvalue weighted by Crippen LogP contribution is -2.43. The standard InChI is InChI=1S/C10H16N4O2S/c1-7-11-9(17-13-7)12-10(16)14-4-2-3-8(5-14)6-15/h8,15H,2-6H2,1H3,(H,11,12,13,16)/t8-/m0/s1. The summed E-state index contributed by atoms with van der Waals surface area (Å²) < 4.78 is 4.00. The molecule has 0 aliphatic carbocycles. The summed E-state index contributed by atoms with van der Waals surface area (Å²) >= 11 is 1.18. The predicted octanol–water partition coefficient (Wildman–Crippen LogP) is 1.08. The zero-order valence-corrected chi connectivity index (χ0v) is 10.5. The topological polar surface area (TPSA) is 78.4 Å². The number of anilines is 1. The maximum Gasteiger partial charge on any atom is 0.323 e. The number of amides is 2. The fourth-order valence-electron chi connectivity index (χ4n) is 1.92. The quantitative estimate of drug-likeness (QED) is 0.830. The van der Waals surface area contributed by atoms with Gasteiger partial charge >= 0.3 is 6.03 Å². The Morgan fingerprint density at radius 1 is 1.71 bits per heavy atom. The summed E-state index contributed by atoms with van der Waals surface area (Å²) in [5, 5.41) is 12.4. The molecule has 2 N–H and O–H groups in total. The molecular formula is C10H16N4O2S. The average Bonchev–Trinajstić information content (AvgIpc) is 2.75. The lowest BCUT2D eigenvalue weighted by atomic mass is 9.99. The van der Waals surface area contributed by atoms with Crippen molar-refractivity contribution in [1.82, 2.24) is 14.3 Å². The van der Waals surface area contributed by atoms with Crippen LogP contribution in [-0.4, -0.2) is 45.1 Å². The van der Waals surface area contributed by atoms with Crippen LogP contribution in [0.2, 0.25) is 0 Å². The Morgan fingerprint density at radius 3 is 3.18 bits per heavy atom. The van der Waals surface area contributed by atoms with E-state index in [2.05, 4.69) is 14.7 Å². The maximum atomic E-state index is 11.9. The van der Waals surface area contributed by atoms with Gasteiger partial charge < -0.3 is 10.0 Å². The zero-order valence-electron chi connectivity index (χ0n) is 9.72. The van der Waals surface area contributed by atoms with Crippen molar-refractivity contribution >= 4 is 22.7 Å². The summed E-state index contributed by atoms with van der Waals surface area (Å²) in [4.78, 5) is 17.7. The molecule has 2 heterocycles. The molecule has 6 nitrogen and oxygen atoms in total. The van der Waals surface area contributed by atoms with Crippen LogP contribution >= 0.6 is 11.5 Å². The normalized spacial score (nSPS) is 20.4. The Morgan fingerprint density at radius 2 is 2.53 bits per heavy atom. The van der Waals surface area contributed by atoms with Gasteiger partial charge in [-0.05, 0) is 25.7 Å². The van der Waals surface area contributed by atoms with Crippen molar-refractivity contribution in [3.8, 4) is 0 Å². The van der Waals surface area contributed by atoms with Gasteiger partial charge in [0, 0.05) is 31.2 Å². The van der Waals surface area contributed by atoms with E-state index in [0.717, 1.165) is 19.4 Å². The van der Waals surface area contributed by atoms with Crippen LogP contribution in [0.25, 0.3) is 0 Å². The van der Waals surface area contributed by atoms with Gasteiger partial charge in [0.25, 0.3) is 0 Å². The molecule has 1 aromatic heterocycles. The van der Waals surface area contributed by atoms with Crippen molar-refractivity contribution in [2.75, 3.05) is 25.0 Å². The van der Waals surface area contributed by atoms with Gasteiger partial charge in [-0.2, -0.15) is 4.37 Å². The lowest BCUT2D eigenvalue weighted by Gasteiger charge is -2.31. The molecule has 1 aromatic rings. The molecular weight excluding hydrogens is 240 g/mol. The van der Waals surface area contributed by atoms with Crippen LogP contribution in [0.5, 0.6) is 0 Å². The van der Waals surface area contributed by atoms with E-state index >= 15 is 0 Å². The first kappa shape index (κ1) is 12.3.